The Balaban J connectivity index is 2.26. The Kier molecular flexibility index (Phi) is 7.77. The molecule has 8 heteroatoms. The molecule has 2 unspecified atom stereocenters. The van der Waals surface area contributed by atoms with Crippen molar-refractivity contribution in [3.63, 3.8) is 0 Å². The van der Waals surface area contributed by atoms with E-state index in [1.165, 1.54) is 22.3 Å². The molecule has 0 saturated carbocycles. The SMILES string of the molecule is BrC(C1c2ccccc2C(C(Br)C(Br)(Br)Br)c2ccccc21)C(Br)(Br)Br. The normalized spacial score (nSPS) is 22.3. The third-order valence-corrected chi connectivity index (χ3v) is 13.6. The van der Waals surface area contributed by atoms with Crippen LogP contribution in [0, 0.1) is 0 Å². The molecule has 26 heavy (non-hydrogen) atoms. The van der Waals surface area contributed by atoms with Gasteiger partial charge in [0.2, 0.25) is 0 Å². The standard InChI is InChI=1S/C18H12Br8/c19-15(17(21,22)23)13-9-5-1-2-6-10(9)14(16(20)18(24,25)26)12-8-4-3-7-11(12)13/h1-8,13-16H. The van der Waals surface area contributed by atoms with Crippen LogP contribution in [-0.2, 0) is 0 Å². The van der Waals surface area contributed by atoms with Crippen molar-refractivity contribution in [1.82, 2.24) is 0 Å². The highest BCUT2D eigenvalue weighted by Gasteiger charge is 2.46. The molecule has 0 aromatic heterocycles. The Morgan fingerprint density at radius 1 is 0.538 bits per heavy atom. The van der Waals surface area contributed by atoms with E-state index < -0.39 is 4.29 Å². The van der Waals surface area contributed by atoms with Crippen LogP contribution in [0.3, 0.4) is 0 Å². The van der Waals surface area contributed by atoms with E-state index in [2.05, 4.69) is 176 Å². The van der Waals surface area contributed by atoms with E-state index in [0.29, 0.717) is 0 Å². The molecule has 0 N–H and O–H groups in total. The van der Waals surface area contributed by atoms with Crippen molar-refractivity contribution in [3.8, 4) is 0 Å². The number of hydrogen-bond donors (Lipinski definition) is 0. The lowest BCUT2D eigenvalue weighted by molar-refractivity contribution is 0.679. The number of halogens is 8. The van der Waals surface area contributed by atoms with Crippen molar-refractivity contribution in [2.45, 2.75) is 25.8 Å². The van der Waals surface area contributed by atoms with Crippen LogP contribution in [-0.4, -0.2) is 13.9 Å². The summed E-state index contributed by atoms with van der Waals surface area (Å²) in [5.74, 6) is 0.374. The van der Waals surface area contributed by atoms with Gasteiger partial charge in [-0.15, -0.1) is 0 Å². The number of alkyl halides is 8. The average Bonchev–Trinajstić information content (AvgIpc) is 2.56. The van der Waals surface area contributed by atoms with Gasteiger partial charge in [-0.1, -0.05) is 176 Å². The summed E-state index contributed by atoms with van der Waals surface area (Å²) < 4.78 is -0.828. The first-order chi connectivity index (χ1) is 12.0. The van der Waals surface area contributed by atoms with Gasteiger partial charge in [-0.25, -0.2) is 0 Å². The van der Waals surface area contributed by atoms with Gasteiger partial charge in [0.05, 0.1) is 9.65 Å². The molecule has 2 aromatic carbocycles. The third-order valence-electron chi connectivity index (χ3n) is 4.54. The second kappa shape index (κ2) is 8.80. The molecule has 0 nitrogen and oxygen atoms in total. The summed E-state index contributed by atoms with van der Waals surface area (Å²) in [6, 6.07) is 17.4. The smallest absolute Gasteiger partial charge is 0.0846 e. The fourth-order valence-electron chi connectivity index (χ4n) is 3.50. The van der Waals surface area contributed by atoms with Gasteiger partial charge in [0.1, 0.15) is 4.29 Å². The molecule has 0 fully saturated rings. The quantitative estimate of drug-likeness (QED) is 0.264. The zero-order valence-corrected chi connectivity index (χ0v) is 25.6. The summed E-state index contributed by atoms with van der Waals surface area (Å²) in [5, 5.41) is 0. The van der Waals surface area contributed by atoms with Crippen molar-refractivity contribution in [2.75, 3.05) is 0 Å². The van der Waals surface area contributed by atoms with Crippen molar-refractivity contribution in [3.05, 3.63) is 70.8 Å². The molecule has 2 atom stereocenters. The Labute approximate surface area is 221 Å². The van der Waals surface area contributed by atoms with Crippen LogP contribution in [0.4, 0.5) is 0 Å². The van der Waals surface area contributed by atoms with Gasteiger partial charge in [-0.3, -0.25) is 0 Å². The molecule has 0 radical (unpaired) electrons. The van der Waals surface area contributed by atoms with E-state index in [1.807, 2.05) is 0 Å². The fourth-order valence-corrected chi connectivity index (χ4v) is 6.22. The monoisotopic (exact) mass is 859 g/mol. The Hall–Kier alpha value is 2.28. The molecule has 0 heterocycles. The van der Waals surface area contributed by atoms with Crippen LogP contribution in [0.5, 0.6) is 0 Å². The lowest BCUT2D eigenvalue weighted by Crippen LogP contribution is -2.35. The van der Waals surface area contributed by atoms with Gasteiger partial charge in [0.15, 0.2) is 0 Å². The molecule has 0 bridgehead atoms. The average molecular weight is 868 g/mol. The molecule has 0 amide bonds. The Morgan fingerprint density at radius 3 is 0.962 bits per heavy atom. The first kappa shape index (κ1) is 23.0. The molecule has 0 aliphatic heterocycles. The predicted molar refractivity (Wildman–Crippen MR) is 141 cm³/mol. The minimum atomic E-state index is -0.414. The molecule has 2 aromatic rings. The third kappa shape index (κ3) is 4.62. The largest absolute Gasteiger partial charge is 0.148 e. The second-order valence-electron chi connectivity index (χ2n) is 6.10. The fraction of sp³-hybridized carbons (Fsp3) is 0.333. The van der Waals surface area contributed by atoms with Crippen LogP contribution in [0.15, 0.2) is 48.5 Å². The highest BCUT2D eigenvalue weighted by atomic mass is 80.0. The molecule has 1 aliphatic carbocycles. The van der Waals surface area contributed by atoms with Crippen molar-refractivity contribution in [2.24, 2.45) is 0 Å². The molecule has 3 rings (SSSR count). The summed E-state index contributed by atoms with van der Waals surface area (Å²) >= 11 is 30.1. The minimum absolute atomic E-state index is 0.0914. The maximum absolute atomic E-state index is 3.92. The van der Waals surface area contributed by atoms with Gasteiger partial charge in [0, 0.05) is 11.8 Å². The predicted octanol–water partition coefficient (Wildman–Crippen LogP) is 9.47. The van der Waals surface area contributed by atoms with E-state index in [4.69, 9.17) is 0 Å². The summed E-state index contributed by atoms with van der Waals surface area (Å²) in [7, 11) is 0. The summed E-state index contributed by atoms with van der Waals surface area (Å²) in [6.07, 6.45) is 0. The maximum atomic E-state index is 3.92. The first-order valence-corrected chi connectivity index (χ1v) is 14.2. The topological polar surface area (TPSA) is 0 Å². The second-order valence-corrected chi connectivity index (χ2v) is 22.0. The van der Waals surface area contributed by atoms with Gasteiger partial charge in [-0.05, 0) is 22.3 Å². The minimum Gasteiger partial charge on any atom is -0.0846 e. The number of hydrogen-bond acceptors (Lipinski definition) is 0. The Morgan fingerprint density at radius 2 is 0.769 bits per heavy atom. The van der Waals surface area contributed by atoms with Gasteiger partial charge >= 0.3 is 0 Å². The van der Waals surface area contributed by atoms with Crippen LogP contribution in [0.2, 0.25) is 0 Å². The van der Waals surface area contributed by atoms with Gasteiger partial charge in [-0.2, -0.15) is 0 Å². The zero-order valence-electron chi connectivity index (χ0n) is 13.0. The first-order valence-electron chi connectivity index (χ1n) is 7.62. The molecule has 0 spiro atoms. The number of rotatable bonds is 2. The lowest BCUT2D eigenvalue weighted by atomic mass is 9.71. The molecule has 0 saturated heterocycles. The maximum Gasteiger partial charge on any atom is 0.148 e. The Bertz CT molecular complexity index is 679. The molecular weight excluding hydrogens is 855 g/mol. The number of fused-ring (bicyclic) bond motifs is 2. The lowest BCUT2D eigenvalue weighted by Gasteiger charge is -2.41. The van der Waals surface area contributed by atoms with Crippen molar-refractivity contribution in [1.29, 1.82) is 0 Å². The van der Waals surface area contributed by atoms with E-state index in [0.717, 1.165) is 0 Å². The highest BCUT2D eigenvalue weighted by molar-refractivity contribution is 9.40. The van der Waals surface area contributed by atoms with Gasteiger partial charge < -0.3 is 0 Å². The van der Waals surface area contributed by atoms with Crippen LogP contribution in [0.25, 0.3) is 0 Å². The number of benzene rings is 2. The molecular formula is C18H12Br8. The highest BCUT2D eigenvalue weighted by Crippen LogP contribution is 2.57. The van der Waals surface area contributed by atoms with E-state index >= 15 is 0 Å². The van der Waals surface area contributed by atoms with Crippen LogP contribution < -0.4 is 0 Å². The van der Waals surface area contributed by atoms with Crippen molar-refractivity contribution >= 4 is 127 Å². The van der Waals surface area contributed by atoms with Crippen LogP contribution in [0.1, 0.15) is 34.1 Å². The summed E-state index contributed by atoms with van der Waals surface area (Å²) in [5.41, 5.74) is 5.29. The zero-order chi connectivity index (χ0) is 19.3. The molecule has 1 aliphatic rings. The van der Waals surface area contributed by atoms with E-state index in [1.54, 1.807) is 0 Å². The molecule has 140 valence electrons. The summed E-state index contributed by atoms with van der Waals surface area (Å²) in [4.78, 5) is 0.183. The van der Waals surface area contributed by atoms with Crippen LogP contribution >= 0.6 is 127 Å². The van der Waals surface area contributed by atoms with Gasteiger partial charge in [0.25, 0.3) is 0 Å². The summed E-state index contributed by atoms with van der Waals surface area (Å²) in [6.45, 7) is 0. The van der Waals surface area contributed by atoms with Crippen molar-refractivity contribution < 1.29 is 0 Å². The van der Waals surface area contributed by atoms with E-state index in [-0.39, 0.29) is 21.5 Å². The van der Waals surface area contributed by atoms with E-state index in [9.17, 15) is 0 Å².